The van der Waals surface area contributed by atoms with Crippen LogP contribution >= 0.6 is 0 Å². The molecule has 15 heavy (non-hydrogen) atoms. The van der Waals surface area contributed by atoms with Gasteiger partial charge in [0.25, 0.3) is 0 Å². The maximum atomic E-state index is 9.56. The third-order valence-corrected chi connectivity index (χ3v) is 2.23. The van der Waals surface area contributed by atoms with Crippen molar-refractivity contribution in [3.63, 3.8) is 0 Å². The summed E-state index contributed by atoms with van der Waals surface area (Å²) >= 11 is 0. The number of hydrogen-bond donors (Lipinski definition) is 1. The number of nitrogens with zero attached hydrogens (tertiary/aromatic N) is 1. The molecule has 0 radical (unpaired) electrons. The van der Waals surface area contributed by atoms with Gasteiger partial charge in [-0.2, -0.15) is 8.42 Å². The molecule has 0 aromatic carbocycles. The molecule has 0 aliphatic heterocycles. The van der Waals surface area contributed by atoms with Crippen LogP contribution in [0.1, 0.15) is 33.6 Å². The van der Waals surface area contributed by atoms with Gasteiger partial charge < -0.3 is 4.90 Å². The van der Waals surface area contributed by atoms with Gasteiger partial charge in [0, 0.05) is 0 Å². The summed E-state index contributed by atoms with van der Waals surface area (Å²) in [5.41, 5.74) is 0. The maximum Gasteiger partial charge on any atom is 0.397 e. The molecule has 0 saturated carbocycles. The normalized spacial score (nSPS) is 11.1. The highest BCUT2D eigenvalue weighted by Gasteiger charge is 1.98. The molecule has 0 rings (SSSR count). The van der Waals surface area contributed by atoms with E-state index in [1.165, 1.54) is 32.9 Å². The van der Waals surface area contributed by atoms with E-state index in [1.54, 1.807) is 0 Å². The molecule has 6 heteroatoms. The van der Waals surface area contributed by atoms with E-state index in [2.05, 4.69) is 30.0 Å². The fourth-order valence-electron chi connectivity index (χ4n) is 0.735. The monoisotopic (exact) mass is 241 g/mol. The summed E-state index contributed by atoms with van der Waals surface area (Å²) in [5.74, 6) is 0. The fraction of sp³-hybridized carbons (Fsp3) is 1.00. The van der Waals surface area contributed by atoms with Gasteiger partial charge >= 0.3 is 10.4 Å². The highest BCUT2D eigenvalue weighted by molar-refractivity contribution is 7.80. The van der Waals surface area contributed by atoms with E-state index < -0.39 is 10.4 Å². The topological polar surface area (TPSA) is 66.8 Å². The summed E-state index contributed by atoms with van der Waals surface area (Å²) in [4.78, 5) is 2.34. The third-order valence-electron chi connectivity index (χ3n) is 1.70. The smallest absolute Gasteiger partial charge is 0.307 e. The van der Waals surface area contributed by atoms with Gasteiger partial charge in [-0.1, -0.05) is 20.3 Å². The van der Waals surface area contributed by atoms with Gasteiger partial charge in [-0.05, 0) is 33.5 Å². The predicted molar refractivity (Wildman–Crippen MR) is 61.3 cm³/mol. The molecule has 0 bridgehead atoms. The van der Waals surface area contributed by atoms with Crippen molar-refractivity contribution in [2.45, 2.75) is 33.6 Å². The quantitative estimate of drug-likeness (QED) is 0.715. The van der Waals surface area contributed by atoms with E-state index in [9.17, 15) is 8.42 Å². The first kappa shape index (κ1) is 17.2. The first-order valence-corrected chi connectivity index (χ1v) is 6.54. The number of hydrogen-bond acceptors (Lipinski definition) is 4. The molecular formula is C9H23NO4S. The SMILES string of the molecule is CCCCN(C)CC.CCOS(=O)(=O)O. The highest BCUT2D eigenvalue weighted by Crippen LogP contribution is 1.89. The molecule has 0 saturated heterocycles. The number of rotatable bonds is 6. The molecule has 0 spiro atoms. The van der Waals surface area contributed by atoms with Crippen LogP contribution in [0.4, 0.5) is 0 Å². The number of unbranched alkanes of at least 4 members (excludes halogenated alkanes) is 1. The zero-order valence-electron chi connectivity index (χ0n) is 10.1. The van der Waals surface area contributed by atoms with E-state index in [-0.39, 0.29) is 6.61 Å². The summed E-state index contributed by atoms with van der Waals surface area (Å²) in [6.07, 6.45) is 2.65. The Kier molecular flexibility index (Phi) is 11.9. The van der Waals surface area contributed by atoms with Crippen molar-refractivity contribution in [2.75, 3.05) is 26.7 Å². The van der Waals surface area contributed by atoms with Crippen LogP contribution in [0.3, 0.4) is 0 Å². The van der Waals surface area contributed by atoms with Crippen LogP contribution in [-0.4, -0.2) is 44.6 Å². The summed E-state index contributed by atoms with van der Waals surface area (Å²) in [7, 11) is -2.01. The molecule has 0 atom stereocenters. The molecule has 94 valence electrons. The molecular weight excluding hydrogens is 218 g/mol. The molecule has 0 amide bonds. The molecule has 0 aliphatic rings. The minimum Gasteiger partial charge on any atom is -0.307 e. The second-order valence-corrected chi connectivity index (χ2v) is 4.17. The van der Waals surface area contributed by atoms with Gasteiger partial charge in [-0.3, -0.25) is 4.55 Å². The Balaban J connectivity index is 0. The zero-order chi connectivity index (χ0) is 12.3. The lowest BCUT2D eigenvalue weighted by Crippen LogP contribution is -2.18. The maximum absolute atomic E-state index is 9.56. The molecule has 0 heterocycles. The predicted octanol–water partition coefficient (Wildman–Crippen LogP) is 1.56. The van der Waals surface area contributed by atoms with Crippen molar-refractivity contribution < 1.29 is 17.2 Å². The molecule has 0 unspecified atom stereocenters. The zero-order valence-corrected chi connectivity index (χ0v) is 10.9. The Labute approximate surface area is 93.4 Å². The van der Waals surface area contributed by atoms with Crippen LogP contribution in [0.2, 0.25) is 0 Å². The van der Waals surface area contributed by atoms with Crippen molar-refractivity contribution in [3.8, 4) is 0 Å². The first-order valence-electron chi connectivity index (χ1n) is 5.17. The van der Waals surface area contributed by atoms with Crippen LogP contribution in [-0.2, 0) is 14.6 Å². The lowest BCUT2D eigenvalue weighted by atomic mass is 10.3. The van der Waals surface area contributed by atoms with Gasteiger partial charge in [-0.15, -0.1) is 0 Å². The minimum absolute atomic E-state index is 0.0289. The van der Waals surface area contributed by atoms with E-state index in [4.69, 9.17) is 4.55 Å². The highest BCUT2D eigenvalue weighted by atomic mass is 32.3. The van der Waals surface area contributed by atoms with Crippen molar-refractivity contribution >= 4 is 10.4 Å². The van der Waals surface area contributed by atoms with Crippen molar-refractivity contribution in [2.24, 2.45) is 0 Å². The lowest BCUT2D eigenvalue weighted by molar-refractivity contribution is 0.283. The Hall–Kier alpha value is -0.170. The van der Waals surface area contributed by atoms with E-state index in [0.717, 1.165) is 0 Å². The van der Waals surface area contributed by atoms with Crippen LogP contribution in [0.5, 0.6) is 0 Å². The average Bonchev–Trinajstić information content (AvgIpc) is 2.13. The van der Waals surface area contributed by atoms with Crippen molar-refractivity contribution in [3.05, 3.63) is 0 Å². The van der Waals surface area contributed by atoms with Crippen molar-refractivity contribution in [1.29, 1.82) is 0 Å². The Morgan fingerprint density at radius 1 is 1.27 bits per heavy atom. The van der Waals surface area contributed by atoms with Crippen molar-refractivity contribution in [1.82, 2.24) is 4.90 Å². The van der Waals surface area contributed by atoms with E-state index >= 15 is 0 Å². The van der Waals surface area contributed by atoms with Crippen LogP contribution < -0.4 is 0 Å². The van der Waals surface area contributed by atoms with Crippen LogP contribution in [0.15, 0.2) is 0 Å². The van der Waals surface area contributed by atoms with Crippen LogP contribution in [0, 0.1) is 0 Å². The Morgan fingerprint density at radius 2 is 1.80 bits per heavy atom. The third kappa shape index (κ3) is 20.0. The largest absolute Gasteiger partial charge is 0.397 e. The molecule has 0 aliphatic carbocycles. The molecule has 0 aromatic heterocycles. The van der Waals surface area contributed by atoms with Gasteiger partial charge in [0.15, 0.2) is 0 Å². The molecule has 0 aromatic rings. The first-order chi connectivity index (χ1) is 6.87. The van der Waals surface area contributed by atoms with E-state index in [0.29, 0.717) is 0 Å². The van der Waals surface area contributed by atoms with Gasteiger partial charge in [-0.25, -0.2) is 4.18 Å². The average molecular weight is 241 g/mol. The second-order valence-electron chi connectivity index (χ2n) is 3.08. The Morgan fingerprint density at radius 3 is 2.00 bits per heavy atom. The Bertz CT molecular complexity index is 216. The van der Waals surface area contributed by atoms with Gasteiger partial charge in [0.1, 0.15) is 0 Å². The summed E-state index contributed by atoms with van der Waals surface area (Å²) in [6, 6.07) is 0. The molecule has 5 nitrogen and oxygen atoms in total. The fourth-order valence-corrected chi connectivity index (χ4v) is 1.03. The molecule has 1 N–H and O–H groups in total. The summed E-state index contributed by atoms with van der Waals surface area (Å²) in [5, 5.41) is 0. The minimum atomic E-state index is -4.17. The lowest BCUT2D eigenvalue weighted by Gasteiger charge is -2.11. The summed E-state index contributed by atoms with van der Waals surface area (Å²) in [6.45, 7) is 8.29. The molecule has 0 fully saturated rings. The van der Waals surface area contributed by atoms with Gasteiger partial charge in [0.2, 0.25) is 0 Å². The van der Waals surface area contributed by atoms with Crippen LogP contribution in [0.25, 0.3) is 0 Å². The standard InChI is InChI=1S/C7H17N.C2H6O4S/c1-4-6-7-8(3)5-2;1-2-6-7(3,4)5/h4-7H2,1-3H3;2H2,1H3,(H,3,4,5). The van der Waals surface area contributed by atoms with Gasteiger partial charge in [0.05, 0.1) is 6.61 Å². The summed E-state index contributed by atoms with van der Waals surface area (Å²) < 4.78 is 30.7. The second kappa shape index (κ2) is 10.4. The van der Waals surface area contributed by atoms with E-state index in [1.807, 2.05) is 0 Å².